The second-order valence-corrected chi connectivity index (χ2v) is 5.66. The first-order valence-corrected chi connectivity index (χ1v) is 7.16. The predicted octanol–water partition coefficient (Wildman–Crippen LogP) is 2.86. The van der Waals surface area contributed by atoms with Crippen molar-refractivity contribution < 1.29 is 0 Å². The molecule has 1 aliphatic rings. The van der Waals surface area contributed by atoms with Crippen molar-refractivity contribution in [2.45, 2.75) is 57.5 Å². The van der Waals surface area contributed by atoms with Gasteiger partial charge in [-0.1, -0.05) is 13.3 Å². The van der Waals surface area contributed by atoms with Gasteiger partial charge in [-0.15, -0.1) is 11.6 Å². The lowest BCUT2D eigenvalue weighted by Crippen LogP contribution is -2.46. The number of nitrogens with zero attached hydrogens (tertiary/aromatic N) is 1. The van der Waals surface area contributed by atoms with Gasteiger partial charge in [-0.25, -0.2) is 0 Å². The summed E-state index contributed by atoms with van der Waals surface area (Å²) < 4.78 is 0. The van der Waals surface area contributed by atoms with Crippen LogP contribution in [0.4, 0.5) is 0 Å². The summed E-state index contributed by atoms with van der Waals surface area (Å²) in [5, 5.41) is 3.60. The standard InChI is InChI=1S/C13H27ClN2/c1-4-13(2,11-14)15-9-8-12-7-5-6-10-16(12)3/h12,15H,4-11H2,1-3H3. The molecule has 96 valence electrons. The molecule has 0 aromatic rings. The van der Waals surface area contributed by atoms with E-state index >= 15 is 0 Å². The molecule has 0 aromatic heterocycles. The Morgan fingerprint density at radius 2 is 2.19 bits per heavy atom. The molecule has 2 unspecified atom stereocenters. The zero-order chi connectivity index (χ0) is 12.0. The summed E-state index contributed by atoms with van der Waals surface area (Å²) in [4.78, 5) is 2.51. The Balaban J connectivity index is 2.23. The van der Waals surface area contributed by atoms with E-state index < -0.39 is 0 Å². The molecule has 1 aliphatic heterocycles. The van der Waals surface area contributed by atoms with Gasteiger partial charge in [0.05, 0.1) is 0 Å². The molecule has 1 rings (SSSR count). The predicted molar refractivity (Wildman–Crippen MR) is 72.3 cm³/mol. The molecule has 0 spiro atoms. The van der Waals surface area contributed by atoms with Crippen LogP contribution in [0.25, 0.3) is 0 Å². The van der Waals surface area contributed by atoms with Gasteiger partial charge in [-0.05, 0) is 52.7 Å². The average Bonchev–Trinajstić information content (AvgIpc) is 2.31. The van der Waals surface area contributed by atoms with Crippen LogP contribution in [-0.2, 0) is 0 Å². The number of halogens is 1. The van der Waals surface area contributed by atoms with Crippen LogP contribution in [0.15, 0.2) is 0 Å². The molecule has 0 aromatic carbocycles. The summed E-state index contributed by atoms with van der Waals surface area (Å²) >= 11 is 5.99. The zero-order valence-corrected chi connectivity index (χ0v) is 11.8. The van der Waals surface area contributed by atoms with Crippen LogP contribution in [0.3, 0.4) is 0 Å². The lowest BCUT2D eigenvalue weighted by Gasteiger charge is -2.34. The fourth-order valence-electron chi connectivity index (χ4n) is 2.32. The van der Waals surface area contributed by atoms with Crippen LogP contribution in [0.5, 0.6) is 0 Å². The maximum atomic E-state index is 5.99. The molecule has 2 nitrogen and oxygen atoms in total. The Bertz CT molecular complexity index is 192. The molecular weight excluding hydrogens is 220 g/mol. The molecule has 16 heavy (non-hydrogen) atoms. The van der Waals surface area contributed by atoms with Gasteiger partial charge < -0.3 is 10.2 Å². The molecule has 0 aliphatic carbocycles. The van der Waals surface area contributed by atoms with E-state index in [9.17, 15) is 0 Å². The summed E-state index contributed by atoms with van der Waals surface area (Å²) in [5.41, 5.74) is 0.120. The maximum absolute atomic E-state index is 5.99. The molecule has 1 saturated heterocycles. The summed E-state index contributed by atoms with van der Waals surface area (Å²) in [7, 11) is 2.25. The van der Waals surface area contributed by atoms with Gasteiger partial charge in [0, 0.05) is 17.5 Å². The van der Waals surface area contributed by atoms with E-state index in [4.69, 9.17) is 11.6 Å². The third-order valence-corrected chi connectivity index (χ3v) is 4.62. The van der Waals surface area contributed by atoms with Gasteiger partial charge in [0.15, 0.2) is 0 Å². The molecule has 0 radical (unpaired) electrons. The van der Waals surface area contributed by atoms with Gasteiger partial charge >= 0.3 is 0 Å². The molecule has 1 fully saturated rings. The van der Waals surface area contributed by atoms with Crippen LogP contribution in [0, 0.1) is 0 Å². The van der Waals surface area contributed by atoms with E-state index in [-0.39, 0.29) is 5.54 Å². The van der Waals surface area contributed by atoms with Crippen molar-refractivity contribution in [3.05, 3.63) is 0 Å². The van der Waals surface area contributed by atoms with Crippen molar-refractivity contribution in [3.8, 4) is 0 Å². The largest absolute Gasteiger partial charge is 0.310 e. The number of rotatable bonds is 6. The zero-order valence-electron chi connectivity index (χ0n) is 11.1. The van der Waals surface area contributed by atoms with E-state index in [1.54, 1.807) is 0 Å². The van der Waals surface area contributed by atoms with Crippen LogP contribution in [-0.4, -0.2) is 42.5 Å². The molecular formula is C13H27ClN2. The maximum Gasteiger partial charge on any atom is 0.0403 e. The van der Waals surface area contributed by atoms with E-state index in [2.05, 4.69) is 31.1 Å². The Labute approximate surface area is 106 Å². The van der Waals surface area contributed by atoms with Crippen molar-refractivity contribution in [1.29, 1.82) is 0 Å². The Hall–Kier alpha value is 0.210. The normalized spacial score (nSPS) is 26.6. The topological polar surface area (TPSA) is 15.3 Å². The highest BCUT2D eigenvalue weighted by Crippen LogP contribution is 2.18. The quantitative estimate of drug-likeness (QED) is 0.725. The highest BCUT2D eigenvalue weighted by molar-refractivity contribution is 6.18. The van der Waals surface area contributed by atoms with E-state index in [0.29, 0.717) is 5.88 Å². The van der Waals surface area contributed by atoms with Gasteiger partial charge in [0.1, 0.15) is 0 Å². The van der Waals surface area contributed by atoms with Gasteiger partial charge in [-0.3, -0.25) is 0 Å². The minimum Gasteiger partial charge on any atom is -0.310 e. The fraction of sp³-hybridized carbons (Fsp3) is 1.00. The molecule has 3 heteroatoms. The van der Waals surface area contributed by atoms with Gasteiger partial charge in [-0.2, -0.15) is 0 Å². The Kier molecular flexibility index (Phi) is 6.09. The number of likely N-dealkylation sites (tertiary alicyclic amines) is 1. The van der Waals surface area contributed by atoms with E-state index in [1.165, 1.54) is 32.2 Å². The first-order chi connectivity index (χ1) is 7.61. The summed E-state index contributed by atoms with van der Waals surface area (Å²) in [6, 6.07) is 0.776. The van der Waals surface area contributed by atoms with Crippen LogP contribution >= 0.6 is 11.6 Å². The second kappa shape index (κ2) is 6.83. The van der Waals surface area contributed by atoms with Gasteiger partial charge in [0.2, 0.25) is 0 Å². The SMILES string of the molecule is CCC(C)(CCl)NCCC1CCCCN1C. The average molecular weight is 247 g/mol. The highest BCUT2D eigenvalue weighted by atomic mass is 35.5. The number of hydrogen-bond donors (Lipinski definition) is 1. The second-order valence-electron chi connectivity index (χ2n) is 5.39. The van der Waals surface area contributed by atoms with E-state index in [1.807, 2.05) is 0 Å². The van der Waals surface area contributed by atoms with Crippen LogP contribution in [0.2, 0.25) is 0 Å². The van der Waals surface area contributed by atoms with Crippen molar-refractivity contribution >= 4 is 11.6 Å². The molecule has 1 heterocycles. The van der Waals surface area contributed by atoms with Gasteiger partial charge in [0.25, 0.3) is 0 Å². The third kappa shape index (κ3) is 4.23. The molecule has 0 amide bonds. The minimum atomic E-state index is 0.120. The van der Waals surface area contributed by atoms with Crippen molar-refractivity contribution in [2.75, 3.05) is 26.0 Å². The first-order valence-electron chi connectivity index (χ1n) is 6.62. The summed E-state index contributed by atoms with van der Waals surface area (Å²) in [5.74, 6) is 0.698. The molecule has 2 atom stereocenters. The number of piperidine rings is 1. The number of nitrogens with one attached hydrogen (secondary N) is 1. The Morgan fingerprint density at radius 1 is 1.44 bits per heavy atom. The molecule has 0 saturated carbocycles. The number of hydrogen-bond acceptors (Lipinski definition) is 2. The molecule has 0 bridgehead atoms. The van der Waals surface area contributed by atoms with Crippen LogP contribution in [0.1, 0.15) is 46.0 Å². The van der Waals surface area contributed by atoms with Crippen molar-refractivity contribution in [2.24, 2.45) is 0 Å². The Morgan fingerprint density at radius 3 is 2.75 bits per heavy atom. The summed E-state index contributed by atoms with van der Waals surface area (Å²) in [6.07, 6.45) is 6.48. The van der Waals surface area contributed by atoms with Crippen molar-refractivity contribution in [1.82, 2.24) is 10.2 Å². The third-order valence-electron chi connectivity index (χ3n) is 4.03. The fourth-order valence-corrected chi connectivity index (χ4v) is 2.60. The molecule has 1 N–H and O–H groups in total. The van der Waals surface area contributed by atoms with Crippen LogP contribution < -0.4 is 5.32 Å². The minimum absolute atomic E-state index is 0.120. The first kappa shape index (κ1) is 14.3. The lowest BCUT2D eigenvalue weighted by molar-refractivity contribution is 0.172. The lowest BCUT2D eigenvalue weighted by atomic mass is 9.98. The van der Waals surface area contributed by atoms with E-state index in [0.717, 1.165) is 19.0 Å². The highest BCUT2D eigenvalue weighted by Gasteiger charge is 2.22. The smallest absolute Gasteiger partial charge is 0.0403 e. The monoisotopic (exact) mass is 246 g/mol. The van der Waals surface area contributed by atoms with Crippen molar-refractivity contribution in [3.63, 3.8) is 0 Å². The summed E-state index contributed by atoms with van der Waals surface area (Å²) in [6.45, 7) is 6.77. The number of alkyl halides is 1.